The lowest BCUT2D eigenvalue weighted by Crippen LogP contribution is -2.30. The SMILES string of the molecule is Cc1ccccc1[C@H]1O[C@H]1C(=O)N(c1ccccc1)c1ccccc1. The van der Waals surface area contributed by atoms with Crippen molar-refractivity contribution in [2.24, 2.45) is 0 Å². The van der Waals surface area contributed by atoms with E-state index < -0.39 is 6.10 Å². The van der Waals surface area contributed by atoms with E-state index in [0.29, 0.717) is 0 Å². The first-order chi connectivity index (χ1) is 12.3. The van der Waals surface area contributed by atoms with Crippen LogP contribution in [0.1, 0.15) is 17.2 Å². The molecule has 4 rings (SSSR count). The summed E-state index contributed by atoms with van der Waals surface area (Å²) in [5, 5.41) is 0. The van der Waals surface area contributed by atoms with Gasteiger partial charge in [-0.3, -0.25) is 9.69 Å². The van der Waals surface area contributed by atoms with Gasteiger partial charge in [-0.15, -0.1) is 0 Å². The number of benzene rings is 3. The van der Waals surface area contributed by atoms with Gasteiger partial charge in [0.05, 0.1) is 0 Å². The second kappa shape index (κ2) is 6.54. The minimum Gasteiger partial charge on any atom is -0.354 e. The smallest absolute Gasteiger partial charge is 0.263 e. The molecule has 0 bridgehead atoms. The summed E-state index contributed by atoms with van der Waals surface area (Å²) >= 11 is 0. The van der Waals surface area contributed by atoms with Gasteiger partial charge in [0.15, 0.2) is 6.10 Å². The summed E-state index contributed by atoms with van der Waals surface area (Å²) in [6, 6.07) is 27.5. The molecule has 1 fully saturated rings. The molecule has 1 aliphatic rings. The molecule has 0 spiro atoms. The van der Waals surface area contributed by atoms with Crippen molar-refractivity contribution < 1.29 is 9.53 Å². The van der Waals surface area contributed by atoms with Crippen LogP contribution in [-0.4, -0.2) is 12.0 Å². The number of ether oxygens (including phenoxy) is 1. The van der Waals surface area contributed by atoms with Crippen LogP contribution in [0.2, 0.25) is 0 Å². The van der Waals surface area contributed by atoms with Gasteiger partial charge in [-0.05, 0) is 42.3 Å². The van der Waals surface area contributed by atoms with Crippen molar-refractivity contribution in [3.63, 3.8) is 0 Å². The van der Waals surface area contributed by atoms with Gasteiger partial charge >= 0.3 is 0 Å². The van der Waals surface area contributed by atoms with E-state index in [-0.39, 0.29) is 12.0 Å². The zero-order valence-corrected chi connectivity index (χ0v) is 14.0. The minimum absolute atomic E-state index is 0.0364. The summed E-state index contributed by atoms with van der Waals surface area (Å²) in [5.41, 5.74) is 3.92. The Morgan fingerprint density at radius 1 is 0.800 bits per heavy atom. The lowest BCUT2D eigenvalue weighted by molar-refractivity contribution is -0.119. The molecule has 1 aliphatic heterocycles. The zero-order valence-electron chi connectivity index (χ0n) is 14.0. The number of carbonyl (C=O) groups is 1. The molecule has 1 saturated heterocycles. The molecule has 3 nitrogen and oxygen atoms in total. The molecule has 0 unspecified atom stereocenters. The number of nitrogens with zero attached hydrogens (tertiary/aromatic N) is 1. The fourth-order valence-corrected chi connectivity index (χ4v) is 3.13. The maximum atomic E-state index is 13.2. The van der Waals surface area contributed by atoms with Crippen LogP contribution in [0.3, 0.4) is 0 Å². The Labute approximate surface area is 147 Å². The van der Waals surface area contributed by atoms with Crippen LogP contribution in [0, 0.1) is 6.92 Å². The van der Waals surface area contributed by atoms with Crippen molar-refractivity contribution in [3.8, 4) is 0 Å². The van der Waals surface area contributed by atoms with Crippen molar-refractivity contribution in [2.45, 2.75) is 19.1 Å². The third-order valence-electron chi connectivity index (χ3n) is 4.48. The maximum Gasteiger partial charge on any atom is 0.263 e. The Bertz CT molecular complexity index is 837. The molecular formula is C22H19NO2. The van der Waals surface area contributed by atoms with Crippen molar-refractivity contribution in [1.29, 1.82) is 0 Å². The third-order valence-corrected chi connectivity index (χ3v) is 4.48. The number of rotatable bonds is 4. The Balaban J connectivity index is 1.65. The predicted octanol–water partition coefficient (Wildman–Crippen LogP) is 4.80. The number of aryl methyl sites for hydroxylation is 1. The minimum atomic E-state index is -0.443. The summed E-state index contributed by atoms with van der Waals surface area (Å²) in [6.45, 7) is 2.05. The molecule has 124 valence electrons. The second-order valence-corrected chi connectivity index (χ2v) is 6.18. The highest BCUT2D eigenvalue weighted by Crippen LogP contribution is 2.43. The monoisotopic (exact) mass is 329 g/mol. The number of amides is 1. The van der Waals surface area contributed by atoms with Gasteiger partial charge in [0.1, 0.15) is 6.10 Å². The lowest BCUT2D eigenvalue weighted by atomic mass is 10.0. The van der Waals surface area contributed by atoms with E-state index in [0.717, 1.165) is 22.5 Å². The van der Waals surface area contributed by atoms with Gasteiger partial charge in [0, 0.05) is 11.4 Å². The van der Waals surface area contributed by atoms with Gasteiger partial charge in [-0.1, -0.05) is 60.7 Å². The lowest BCUT2D eigenvalue weighted by Gasteiger charge is -2.22. The van der Waals surface area contributed by atoms with Gasteiger partial charge in [-0.25, -0.2) is 0 Å². The average Bonchev–Trinajstić information content (AvgIpc) is 3.45. The number of anilines is 2. The molecular weight excluding hydrogens is 310 g/mol. The van der Waals surface area contributed by atoms with E-state index in [2.05, 4.69) is 0 Å². The van der Waals surface area contributed by atoms with E-state index in [1.165, 1.54) is 0 Å². The summed E-state index contributed by atoms with van der Waals surface area (Å²) in [6.07, 6.45) is -0.606. The van der Waals surface area contributed by atoms with Crippen molar-refractivity contribution in [2.75, 3.05) is 4.90 Å². The maximum absolute atomic E-state index is 13.2. The quantitative estimate of drug-likeness (QED) is 0.644. The van der Waals surface area contributed by atoms with Crippen LogP contribution in [0.4, 0.5) is 11.4 Å². The van der Waals surface area contributed by atoms with Crippen LogP contribution >= 0.6 is 0 Å². The highest BCUT2D eigenvalue weighted by molar-refractivity contribution is 6.04. The average molecular weight is 329 g/mol. The summed E-state index contributed by atoms with van der Waals surface area (Å²) < 4.78 is 5.78. The first-order valence-electron chi connectivity index (χ1n) is 8.41. The van der Waals surface area contributed by atoms with Gasteiger partial charge in [0.2, 0.25) is 0 Å². The normalized spacial score (nSPS) is 18.6. The molecule has 25 heavy (non-hydrogen) atoms. The molecule has 1 heterocycles. The van der Waals surface area contributed by atoms with Gasteiger partial charge < -0.3 is 4.74 Å². The van der Waals surface area contributed by atoms with E-state index >= 15 is 0 Å². The van der Waals surface area contributed by atoms with Crippen LogP contribution < -0.4 is 4.90 Å². The van der Waals surface area contributed by atoms with E-state index in [4.69, 9.17) is 4.74 Å². The Hall–Kier alpha value is -2.91. The van der Waals surface area contributed by atoms with Crippen LogP contribution in [0.25, 0.3) is 0 Å². The molecule has 1 amide bonds. The zero-order chi connectivity index (χ0) is 17.2. The topological polar surface area (TPSA) is 32.8 Å². The third kappa shape index (κ3) is 3.06. The molecule has 0 aromatic heterocycles. The van der Waals surface area contributed by atoms with E-state index in [1.807, 2.05) is 91.9 Å². The highest BCUT2D eigenvalue weighted by Gasteiger charge is 2.49. The Morgan fingerprint density at radius 2 is 1.32 bits per heavy atom. The Morgan fingerprint density at radius 3 is 1.88 bits per heavy atom. The highest BCUT2D eigenvalue weighted by atomic mass is 16.6. The van der Waals surface area contributed by atoms with Gasteiger partial charge in [0.25, 0.3) is 5.91 Å². The molecule has 0 saturated carbocycles. The van der Waals surface area contributed by atoms with Gasteiger partial charge in [-0.2, -0.15) is 0 Å². The summed E-state index contributed by atoms with van der Waals surface area (Å²) in [7, 11) is 0. The van der Waals surface area contributed by atoms with Crippen molar-refractivity contribution in [1.82, 2.24) is 0 Å². The molecule has 0 N–H and O–H groups in total. The van der Waals surface area contributed by atoms with Crippen LogP contribution in [-0.2, 0) is 9.53 Å². The first-order valence-corrected chi connectivity index (χ1v) is 8.41. The molecule has 2 atom stereocenters. The van der Waals surface area contributed by atoms with E-state index in [1.54, 1.807) is 4.90 Å². The first kappa shape index (κ1) is 15.6. The predicted molar refractivity (Wildman–Crippen MR) is 98.8 cm³/mol. The molecule has 3 aromatic carbocycles. The summed E-state index contributed by atoms with van der Waals surface area (Å²) in [4.78, 5) is 14.9. The van der Waals surface area contributed by atoms with Crippen LogP contribution in [0.5, 0.6) is 0 Å². The standard InChI is InChI=1S/C22H19NO2/c1-16-10-8-9-15-19(16)20-21(25-20)22(24)23(17-11-4-2-5-12-17)18-13-6-3-7-14-18/h2-15,20-21H,1H3/t20-,21-/m1/s1. The number of carbonyl (C=O) groups excluding carboxylic acids is 1. The molecule has 0 radical (unpaired) electrons. The fraction of sp³-hybridized carbons (Fsp3) is 0.136. The largest absolute Gasteiger partial charge is 0.354 e. The van der Waals surface area contributed by atoms with Crippen molar-refractivity contribution in [3.05, 3.63) is 96.1 Å². The number of hydrogen-bond donors (Lipinski definition) is 0. The number of hydrogen-bond acceptors (Lipinski definition) is 2. The molecule has 3 heteroatoms. The van der Waals surface area contributed by atoms with Crippen molar-refractivity contribution >= 4 is 17.3 Å². The summed E-state index contributed by atoms with van der Waals surface area (Å²) in [5.74, 6) is -0.0364. The van der Waals surface area contributed by atoms with Crippen LogP contribution in [0.15, 0.2) is 84.9 Å². The Kier molecular flexibility index (Phi) is 4.08. The molecule has 3 aromatic rings. The second-order valence-electron chi connectivity index (χ2n) is 6.18. The molecule has 0 aliphatic carbocycles. The fourth-order valence-electron chi connectivity index (χ4n) is 3.13. The number of epoxide rings is 1. The van der Waals surface area contributed by atoms with E-state index in [9.17, 15) is 4.79 Å². The number of para-hydroxylation sites is 2.